The van der Waals surface area contributed by atoms with E-state index in [0.717, 1.165) is 5.56 Å². The molecule has 136 valence electrons. The van der Waals surface area contributed by atoms with Crippen molar-refractivity contribution in [3.8, 4) is 11.5 Å². The second-order valence-electron chi connectivity index (χ2n) is 6.53. The number of sulfonamides is 1. The minimum atomic E-state index is -3.73. The Hall–Kier alpha value is -2.05. The largest absolute Gasteiger partial charge is 0.497 e. The third-order valence-electron chi connectivity index (χ3n) is 4.23. The van der Waals surface area contributed by atoms with Gasteiger partial charge in [0.15, 0.2) is 0 Å². The zero-order valence-corrected chi connectivity index (χ0v) is 16.1. The molecule has 2 aromatic carbocycles. The standard InChI is InChI=1S/C19H25NO4S/c1-19(2,15-9-7-6-8-10-15)14-20(3)25(21,22)18-13-16(23-4)11-12-17(18)24-5/h6-13H,14H2,1-5H3. The molecule has 0 fully saturated rings. The lowest BCUT2D eigenvalue weighted by Crippen LogP contribution is -2.38. The fourth-order valence-electron chi connectivity index (χ4n) is 2.78. The van der Waals surface area contributed by atoms with Gasteiger partial charge in [0.05, 0.1) is 14.2 Å². The first-order chi connectivity index (χ1) is 11.7. The molecule has 0 aliphatic heterocycles. The predicted molar refractivity (Wildman–Crippen MR) is 98.8 cm³/mol. The van der Waals surface area contributed by atoms with Gasteiger partial charge in [-0.05, 0) is 17.7 Å². The summed E-state index contributed by atoms with van der Waals surface area (Å²) in [6.07, 6.45) is 0. The molecule has 0 radical (unpaired) electrons. The van der Waals surface area contributed by atoms with Gasteiger partial charge in [-0.15, -0.1) is 0 Å². The van der Waals surface area contributed by atoms with Crippen LogP contribution in [0.3, 0.4) is 0 Å². The lowest BCUT2D eigenvalue weighted by molar-refractivity contribution is 0.364. The molecular weight excluding hydrogens is 338 g/mol. The van der Waals surface area contributed by atoms with Crippen molar-refractivity contribution in [3.63, 3.8) is 0 Å². The second-order valence-corrected chi connectivity index (χ2v) is 8.54. The molecule has 25 heavy (non-hydrogen) atoms. The Balaban J connectivity index is 2.36. The molecule has 0 aliphatic carbocycles. The van der Waals surface area contributed by atoms with Crippen LogP contribution in [0, 0.1) is 0 Å². The van der Waals surface area contributed by atoms with Gasteiger partial charge in [-0.2, -0.15) is 4.31 Å². The number of methoxy groups -OCH3 is 2. The summed E-state index contributed by atoms with van der Waals surface area (Å²) < 4.78 is 37.9. The minimum absolute atomic E-state index is 0.0979. The quantitative estimate of drug-likeness (QED) is 0.757. The van der Waals surface area contributed by atoms with Gasteiger partial charge in [-0.1, -0.05) is 44.2 Å². The maximum Gasteiger partial charge on any atom is 0.246 e. The van der Waals surface area contributed by atoms with Crippen LogP contribution in [-0.4, -0.2) is 40.5 Å². The van der Waals surface area contributed by atoms with Gasteiger partial charge >= 0.3 is 0 Å². The molecule has 2 rings (SSSR count). The molecule has 0 heterocycles. The van der Waals surface area contributed by atoms with E-state index in [4.69, 9.17) is 9.47 Å². The van der Waals surface area contributed by atoms with Crippen molar-refractivity contribution in [3.05, 3.63) is 54.1 Å². The molecule has 0 spiro atoms. The molecule has 0 unspecified atom stereocenters. The number of rotatable bonds is 7. The molecule has 0 saturated carbocycles. The molecule has 5 nitrogen and oxygen atoms in total. The highest BCUT2D eigenvalue weighted by Crippen LogP contribution is 2.32. The first-order valence-corrected chi connectivity index (χ1v) is 9.40. The summed E-state index contributed by atoms with van der Waals surface area (Å²) in [4.78, 5) is 0.0979. The summed E-state index contributed by atoms with van der Waals surface area (Å²) in [5, 5.41) is 0. The monoisotopic (exact) mass is 363 g/mol. The zero-order valence-electron chi connectivity index (χ0n) is 15.3. The van der Waals surface area contributed by atoms with Crippen molar-refractivity contribution < 1.29 is 17.9 Å². The lowest BCUT2D eigenvalue weighted by Gasteiger charge is -2.30. The number of hydrogen-bond donors (Lipinski definition) is 0. The zero-order chi connectivity index (χ0) is 18.7. The summed E-state index contributed by atoms with van der Waals surface area (Å²) >= 11 is 0. The summed E-state index contributed by atoms with van der Waals surface area (Å²) in [6, 6.07) is 14.6. The van der Waals surface area contributed by atoms with E-state index in [2.05, 4.69) is 0 Å². The van der Waals surface area contributed by atoms with Crippen LogP contribution in [0.25, 0.3) is 0 Å². The first-order valence-electron chi connectivity index (χ1n) is 7.96. The predicted octanol–water partition coefficient (Wildman–Crippen LogP) is 3.30. The van der Waals surface area contributed by atoms with Crippen LogP contribution in [0.5, 0.6) is 11.5 Å². The Labute approximate surface area is 150 Å². The highest BCUT2D eigenvalue weighted by Gasteiger charge is 2.31. The van der Waals surface area contributed by atoms with Gasteiger partial charge in [0, 0.05) is 25.1 Å². The Morgan fingerprint density at radius 3 is 2.20 bits per heavy atom. The van der Waals surface area contributed by atoms with Gasteiger partial charge in [0.2, 0.25) is 10.0 Å². The SMILES string of the molecule is COc1ccc(OC)c(S(=O)(=O)N(C)CC(C)(C)c2ccccc2)c1. The van der Waals surface area contributed by atoms with E-state index in [9.17, 15) is 8.42 Å². The van der Waals surface area contributed by atoms with Gasteiger partial charge in [-0.3, -0.25) is 0 Å². The summed E-state index contributed by atoms with van der Waals surface area (Å²) in [5.74, 6) is 0.764. The van der Waals surface area contributed by atoms with Crippen LogP contribution in [0.4, 0.5) is 0 Å². The maximum atomic E-state index is 13.1. The Morgan fingerprint density at radius 1 is 1.00 bits per heavy atom. The average Bonchev–Trinajstić information content (AvgIpc) is 2.61. The van der Waals surface area contributed by atoms with E-state index >= 15 is 0 Å². The van der Waals surface area contributed by atoms with E-state index < -0.39 is 10.0 Å². The topological polar surface area (TPSA) is 55.8 Å². The van der Waals surface area contributed by atoms with E-state index in [1.54, 1.807) is 19.2 Å². The van der Waals surface area contributed by atoms with Crippen molar-refractivity contribution in [1.29, 1.82) is 0 Å². The van der Waals surface area contributed by atoms with Gasteiger partial charge in [0.1, 0.15) is 16.4 Å². The Bertz CT molecular complexity index is 817. The Kier molecular flexibility index (Phi) is 5.75. The maximum absolute atomic E-state index is 13.1. The molecule has 0 atom stereocenters. The van der Waals surface area contributed by atoms with Crippen LogP contribution < -0.4 is 9.47 Å². The third-order valence-corrected chi connectivity index (χ3v) is 6.06. The lowest BCUT2D eigenvalue weighted by atomic mass is 9.85. The van der Waals surface area contributed by atoms with Crippen molar-refractivity contribution in [2.45, 2.75) is 24.2 Å². The molecule has 0 amide bonds. The average molecular weight is 363 g/mol. The number of likely N-dealkylation sites (N-methyl/N-ethyl adjacent to an activating group) is 1. The van der Waals surface area contributed by atoms with E-state index in [1.165, 1.54) is 24.6 Å². The van der Waals surface area contributed by atoms with Crippen LogP contribution in [0.1, 0.15) is 19.4 Å². The van der Waals surface area contributed by atoms with Gasteiger partial charge in [0.25, 0.3) is 0 Å². The minimum Gasteiger partial charge on any atom is -0.497 e. The van der Waals surface area contributed by atoms with E-state index in [-0.39, 0.29) is 10.3 Å². The van der Waals surface area contributed by atoms with Crippen molar-refractivity contribution in [2.75, 3.05) is 27.8 Å². The molecule has 0 N–H and O–H groups in total. The van der Waals surface area contributed by atoms with Crippen LogP contribution in [0.2, 0.25) is 0 Å². The fraction of sp³-hybridized carbons (Fsp3) is 0.368. The number of ether oxygens (including phenoxy) is 2. The number of hydrogen-bond acceptors (Lipinski definition) is 4. The second kappa shape index (κ2) is 7.45. The van der Waals surface area contributed by atoms with Crippen molar-refractivity contribution in [1.82, 2.24) is 4.31 Å². The van der Waals surface area contributed by atoms with Crippen LogP contribution in [0.15, 0.2) is 53.4 Å². The smallest absolute Gasteiger partial charge is 0.246 e. The highest BCUT2D eigenvalue weighted by atomic mass is 32.2. The molecular formula is C19H25NO4S. The highest BCUT2D eigenvalue weighted by molar-refractivity contribution is 7.89. The normalized spacial score (nSPS) is 12.2. The molecule has 0 saturated heterocycles. The van der Waals surface area contributed by atoms with Crippen molar-refractivity contribution in [2.24, 2.45) is 0 Å². The fourth-order valence-corrected chi connectivity index (χ4v) is 4.27. The molecule has 2 aromatic rings. The molecule has 6 heteroatoms. The Morgan fingerprint density at radius 2 is 1.64 bits per heavy atom. The van der Waals surface area contributed by atoms with Gasteiger partial charge in [-0.25, -0.2) is 8.42 Å². The summed E-state index contributed by atoms with van der Waals surface area (Å²) in [7, 11) is 0.809. The van der Waals surface area contributed by atoms with Crippen LogP contribution >= 0.6 is 0 Å². The van der Waals surface area contributed by atoms with Gasteiger partial charge < -0.3 is 9.47 Å². The first kappa shape index (κ1) is 19.3. The third kappa shape index (κ3) is 4.14. The number of benzene rings is 2. The van der Waals surface area contributed by atoms with Crippen LogP contribution in [-0.2, 0) is 15.4 Å². The van der Waals surface area contributed by atoms with E-state index in [0.29, 0.717) is 18.0 Å². The van der Waals surface area contributed by atoms with Crippen molar-refractivity contribution >= 4 is 10.0 Å². The van der Waals surface area contributed by atoms with E-state index in [1.807, 2.05) is 44.2 Å². The summed E-state index contributed by atoms with van der Waals surface area (Å²) in [6.45, 7) is 4.38. The summed E-state index contributed by atoms with van der Waals surface area (Å²) in [5.41, 5.74) is 0.740. The molecule has 0 aromatic heterocycles. The molecule has 0 aliphatic rings. The number of nitrogens with zero attached hydrogens (tertiary/aromatic N) is 1. The molecule has 0 bridgehead atoms.